The van der Waals surface area contributed by atoms with Crippen LogP contribution in [0.2, 0.25) is 0 Å². The van der Waals surface area contributed by atoms with Crippen molar-refractivity contribution in [1.82, 2.24) is 5.32 Å². The summed E-state index contributed by atoms with van der Waals surface area (Å²) in [6.07, 6.45) is 5.73. The van der Waals surface area contributed by atoms with E-state index in [1.807, 2.05) is 0 Å². The monoisotopic (exact) mass is 220 g/mol. The Hall–Kier alpha value is -1.38. The van der Waals surface area contributed by atoms with Gasteiger partial charge in [0, 0.05) is 17.7 Å². The van der Waals surface area contributed by atoms with Gasteiger partial charge in [0.2, 0.25) is 0 Å². The number of amides is 1. The van der Waals surface area contributed by atoms with Crippen LogP contribution in [0.3, 0.4) is 0 Å². The molecule has 1 aromatic rings. The molecule has 1 radical (unpaired) electrons. The summed E-state index contributed by atoms with van der Waals surface area (Å²) in [4.78, 5) is 11.8. The molecule has 0 aromatic heterocycles. The molecular weight excluding hydrogens is 205 g/mol. The molecule has 1 fully saturated rings. The zero-order valence-corrected chi connectivity index (χ0v) is 9.13. The summed E-state index contributed by atoms with van der Waals surface area (Å²) in [6, 6.07) is 6.82. The van der Waals surface area contributed by atoms with Gasteiger partial charge in [0.1, 0.15) is 5.82 Å². The van der Waals surface area contributed by atoms with Crippen molar-refractivity contribution >= 4 is 5.91 Å². The van der Waals surface area contributed by atoms with Gasteiger partial charge in [-0.25, -0.2) is 4.39 Å². The minimum Gasteiger partial charge on any atom is -0.349 e. The summed E-state index contributed by atoms with van der Waals surface area (Å²) in [5, 5.41) is 2.97. The Morgan fingerprint density at radius 1 is 1.31 bits per heavy atom. The predicted molar refractivity (Wildman–Crippen MR) is 59.6 cm³/mol. The average Bonchev–Trinajstić information content (AvgIpc) is 2.31. The lowest BCUT2D eigenvalue weighted by molar-refractivity contribution is 0.0927. The summed E-state index contributed by atoms with van der Waals surface area (Å²) in [7, 11) is 0. The molecule has 16 heavy (non-hydrogen) atoms. The van der Waals surface area contributed by atoms with Crippen molar-refractivity contribution < 1.29 is 9.18 Å². The van der Waals surface area contributed by atoms with Gasteiger partial charge in [0.25, 0.3) is 5.91 Å². The summed E-state index contributed by atoms with van der Waals surface area (Å²) in [5.41, 5.74) is 0.479. The lowest BCUT2D eigenvalue weighted by Gasteiger charge is -2.22. The minimum atomic E-state index is -0.436. The van der Waals surface area contributed by atoms with Crippen LogP contribution in [0.5, 0.6) is 0 Å². The van der Waals surface area contributed by atoms with Crippen LogP contribution in [-0.4, -0.2) is 11.9 Å². The number of benzene rings is 1. The van der Waals surface area contributed by atoms with Gasteiger partial charge in [0.15, 0.2) is 0 Å². The van der Waals surface area contributed by atoms with Crippen LogP contribution < -0.4 is 5.32 Å². The first-order valence-corrected chi connectivity index (χ1v) is 5.74. The van der Waals surface area contributed by atoms with E-state index in [-0.39, 0.29) is 11.9 Å². The summed E-state index contributed by atoms with van der Waals surface area (Å²) < 4.78 is 12.6. The van der Waals surface area contributed by atoms with Crippen molar-refractivity contribution in [2.24, 2.45) is 0 Å². The van der Waals surface area contributed by atoms with Crippen molar-refractivity contribution in [3.8, 4) is 0 Å². The second-order valence-corrected chi connectivity index (χ2v) is 4.23. The quantitative estimate of drug-likeness (QED) is 0.815. The van der Waals surface area contributed by atoms with E-state index in [0.717, 1.165) is 12.8 Å². The Morgan fingerprint density at radius 2 is 2.06 bits per heavy atom. The van der Waals surface area contributed by atoms with Crippen LogP contribution in [0.4, 0.5) is 4.39 Å². The van der Waals surface area contributed by atoms with Crippen molar-refractivity contribution in [3.05, 3.63) is 35.6 Å². The highest BCUT2D eigenvalue weighted by Gasteiger charge is 2.16. The van der Waals surface area contributed by atoms with Gasteiger partial charge < -0.3 is 5.32 Å². The molecule has 2 nitrogen and oxygen atoms in total. The van der Waals surface area contributed by atoms with E-state index < -0.39 is 5.82 Å². The Bertz CT molecular complexity index is 355. The van der Waals surface area contributed by atoms with Crippen LogP contribution in [-0.2, 0) is 0 Å². The number of hydrogen-bond acceptors (Lipinski definition) is 1. The third kappa shape index (κ3) is 2.81. The molecule has 3 heteroatoms. The molecule has 0 atom stereocenters. The van der Waals surface area contributed by atoms with E-state index >= 15 is 0 Å². The summed E-state index contributed by atoms with van der Waals surface area (Å²) in [6.45, 7) is 0. The minimum absolute atomic E-state index is 0.122. The van der Waals surface area contributed by atoms with E-state index in [9.17, 15) is 9.18 Å². The van der Waals surface area contributed by atoms with Crippen LogP contribution in [0.25, 0.3) is 0 Å². The van der Waals surface area contributed by atoms with Gasteiger partial charge in [-0.2, -0.15) is 0 Å². The molecule has 0 spiro atoms. The van der Waals surface area contributed by atoms with Gasteiger partial charge >= 0.3 is 0 Å². The van der Waals surface area contributed by atoms with Gasteiger partial charge in [-0.1, -0.05) is 19.3 Å². The van der Waals surface area contributed by atoms with Crippen LogP contribution >= 0.6 is 0 Å². The Balaban J connectivity index is 1.94. The van der Waals surface area contributed by atoms with Crippen LogP contribution in [0, 0.1) is 11.9 Å². The number of halogens is 1. The van der Waals surface area contributed by atoms with Crippen molar-refractivity contribution in [3.63, 3.8) is 0 Å². The molecule has 0 bridgehead atoms. The molecule has 1 aliphatic rings. The maximum Gasteiger partial charge on any atom is 0.251 e. The molecule has 1 amide bonds. The van der Waals surface area contributed by atoms with E-state index in [0.29, 0.717) is 5.56 Å². The Labute approximate surface area is 94.9 Å². The van der Waals surface area contributed by atoms with E-state index in [4.69, 9.17) is 0 Å². The summed E-state index contributed by atoms with van der Waals surface area (Å²) >= 11 is 0. The highest BCUT2D eigenvalue weighted by Crippen LogP contribution is 2.17. The van der Waals surface area contributed by atoms with Crippen molar-refractivity contribution in [2.45, 2.75) is 38.1 Å². The highest BCUT2D eigenvalue weighted by molar-refractivity contribution is 5.94. The fraction of sp³-hybridized carbons (Fsp3) is 0.462. The van der Waals surface area contributed by atoms with Gasteiger partial charge in [-0.15, -0.1) is 0 Å². The largest absolute Gasteiger partial charge is 0.349 e. The standard InChI is InChI=1S/C13H15FNO/c14-11-8-6-10(7-9-11)13(16)15-12-4-2-1-3-5-12/h6-8,12H,1-5H2,(H,15,16). The van der Waals surface area contributed by atoms with E-state index in [2.05, 4.69) is 11.4 Å². The first-order chi connectivity index (χ1) is 7.75. The van der Waals surface area contributed by atoms with Gasteiger partial charge in [0.05, 0.1) is 0 Å². The fourth-order valence-corrected chi connectivity index (χ4v) is 2.06. The molecule has 0 saturated heterocycles. The number of hydrogen-bond donors (Lipinski definition) is 1. The molecule has 0 heterocycles. The number of rotatable bonds is 2. The molecule has 0 aliphatic heterocycles. The smallest absolute Gasteiger partial charge is 0.251 e. The van der Waals surface area contributed by atoms with Crippen molar-refractivity contribution in [2.75, 3.05) is 0 Å². The van der Waals surface area contributed by atoms with Crippen LogP contribution in [0.1, 0.15) is 42.5 Å². The fourth-order valence-electron chi connectivity index (χ4n) is 2.06. The van der Waals surface area contributed by atoms with E-state index in [1.54, 1.807) is 0 Å². The molecule has 0 unspecified atom stereocenters. The summed E-state index contributed by atoms with van der Waals surface area (Å²) in [5.74, 6) is -0.558. The van der Waals surface area contributed by atoms with Gasteiger partial charge in [-0.05, 0) is 31.0 Å². The zero-order chi connectivity index (χ0) is 11.4. The second-order valence-electron chi connectivity index (χ2n) is 4.23. The molecule has 2 rings (SSSR count). The number of carbonyl (C=O) groups is 1. The molecule has 1 aliphatic carbocycles. The van der Waals surface area contributed by atoms with E-state index in [1.165, 1.54) is 37.5 Å². The lowest BCUT2D eigenvalue weighted by Crippen LogP contribution is -2.36. The van der Waals surface area contributed by atoms with Gasteiger partial charge in [-0.3, -0.25) is 4.79 Å². The second kappa shape index (κ2) is 5.10. The first-order valence-electron chi connectivity index (χ1n) is 5.74. The molecule has 1 aromatic carbocycles. The van der Waals surface area contributed by atoms with Crippen LogP contribution in [0.15, 0.2) is 18.2 Å². The molecule has 1 N–H and O–H groups in total. The van der Waals surface area contributed by atoms with Crippen molar-refractivity contribution in [1.29, 1.82) is 0 Å². The lowest BCUT2D eigenvalue weighted by atomic mass is 9.95. The predicted octanol–water partition coefficient (Wildman–Crippen LogP) is 2.69. The molecule has 1 saturated carbocycles. The zero-order valence-electron chi connectivity index (χ0n) is 9.13. The number of carbonyl (C=O) groups excluding carboxylic acids is 1. The maximum absolute atomic E-state index is 12.6. The Kier molecular flexibility index (Phi) is 3.54. The average molecular weight is 220 g/mol. The number of nitrogens with one attached hydrogen (secondary N) is 1. The molecule has 85 valence electrons. The Morgan fingerprint density at radius 3 is 2.69 bits per heavy atom. The topological polar surface area (TPSA) is 29.1 Å². The maximum atomic E-state index is 12.6. The molecular formula is C13H15FNO. The SMILES string of the molecule is O=C(NC1CCCCC1)c1c[c]c(F)cc1. The first kappa shape index (κ1) is 11.1. The normalized spacial score (nSPS) is 17.1. The third-order valence-electron chi connectivity index (χ3n) is 2.98. The highest BCUT2D eigenvalue weighted by atomic mass is 19.1. The third-order valence-corrected chi connectivity index (χ3v) is 2.98.